The zero-order valence-corrected chi connectivity index (χ0v) is 9.09. The predicted octanol–water partition coefficient (Wildman–Crippen LogP) is 2.07. The zero-order valence-electron chi connectivity index (χ0n) is 8.28. The summed E-state index contributed by atoms with van der Waals surface area (Å²) in [5.74, 6) is -6.83. The van der Waals surface area contributed by atoms with Gasteiger partial charge in [0.05, 0.1) is 4.90 Å². The molecule has 17 heavy (non-hydrogen) atoms. The molecule has 1 N–H and O–H groups in total. The van der Waals surface area contributed by atoms with E-state index in [1.54, 1.807) is 0 Å². The number of alkyl halides is 4. The minimum Gasteiger partial charge on any atom is -0.508 e. The van der Waals surface area contributed by atoms with E-state index in [-0.39, 0.29) is 5.75 Å². The highest BCUT2D eigenvalue weighted by atomic mass is 32.2. The molecule has 0 aliphatic rings. The normalized spacial score (nSPS) is 13.0. The number of sulfone groups is 1. The molecule has 1 rings (SSSR count). The molecule has 8 heteroatoms. The second-order valence-corrected chi connectivity index (χ2v) is 5.30. The van der Waals surface area contributed by atoms with Gasteiger partial charge in [-0.2, -0.15) is 8.78 Å². The molecule has 0 bridgehead atoms. The Balaban J connectivity index is 3.01. The van der Waals surface area contributed by atoms with E-state index < -0.39 is 32.8 Å². The summed E-state index contributed by atoms with van der Waals surface area (Å²) >= 11 is 0. The minimum absolute atomic E-state index is 0.260. The molecule has 0 amide bonds. The minimum atomic E-state index is -4.60. The van der Waals surface area contributed by atoms with Gasteiger partial charge in [0.15, 0.2) is 9.84 Å². The maximum absolute atomic E-state index is 12.6. The van der Waals surface area contributed by atoms with Crippen LogP contribution in [0.25, 0.3) is 0 Å². The lowest BCUT2D eigenvalue weighted by Crippen LogP contribution is -2.35. The first-order valence-electron chi connectivity index (χ1n) is 4.33. The number of phenolic OH excluding ortho intramolecular Hbond substituents is 1. The molecule has 0 heterocycles. The lowest BCUT2D eigenvalue weighted by molar-refractivity contribution is -0.110. The first kappa shape index (κ1) is 13.8. The quantitative estimate of drug-likeness (QED) is 0.854. The van der Waals surface area contributed by atoms with Gasteiger partial charge in [-0.1, -0.05) is 0 Å². The Morgan fingerprint density at radius 3 is 2.06 bits per heavy atom. The first-order valence-corrected chi connectivity index (χ1v) is 5.98. The monoisotopic (exact) mass is 272 g/mol. The summed E-state index contributed by atoms with van der Waals surface area (Å²) in [5, 5.41) is 8.88. The van der Waals surface area contributed by atoms with Crippen LogP contribution in [0.2, 0.25) is 0 Å². The van der Waals surface area contributed by atoms with Crippen molar-refractivity contribution in [2.45, 2.75) is 17.2 Å². The molecule has 1 aromatic carbocycles. The largest absolute Gasteiger partial charge is 0.508 e. The molecule has 0 aromatic heterocycles. The molecule has 0 fully saturated rings. The van der Waals surface area contributed by atoms with E-state index in [0.717, 1.165) is 24.3 Å². The topological polar surface area (TPSA) is 54.4 Å². The summed E-state index contributed by atoms with van der Waals surface area (Å²) in [6.07, 6.45) is -4.05. The van der Waals surface area contributed by atoms with Crippen LogP contribution in [0.1, 0.15) is 0 Å². The molecular weight excluding hydrogens is 264 g/mol. The van der Waals surface area contributed by atoms with E-state index in [0.29, 0.717) is 0 Å². The van der Waals surface area contributed by atoms with E-state index in [1.807, 2.05) is 0 Å². The summed E-state index contributed by atoms with van der Waals surface area (Å²) in [5.41, 5.74) is 0. The van der Waals surface area contributed by atoms with Gasteiger partial charge in [0.1, 0.15) is 11.5 Å². The highest BCUT2D eigenvalue weighted by Crippen LogP contribution is 2.27. The van der Waals surface area contributed by atoms with Crippen LogP contribution in [-0.2, 0) is 9.84 Å². The van der Waals surface area contributed by atoms with Crippen molar-refractivity contribution in [1.82, 2.24) is 0 Å². The molecular formula is C9H8F4O3S. The van der Waals surface area contributed by atoms with Crippen LogP contribution in [0, 0.1) is 0 Å². The second-order valence-electron chi connectivity index (χ2n) is 3.31. The van der Waals surface area contributed by atoms with Crippen molar-refractivity contribution >= 4 is 9.84 Å². The fraction of sp³-hybridized carbons (Fsp3) is 0.333. The van der Waals surface area contributed by atoms with E-state index in [2.05, 4.69) is 0 Å². The molecule has 0 aliphatic carbocycles. The van der Waals surface area contributed by atoms with Crippen molar-refractivity contribution in [2.24, 2.45) is 0 Å². The molecule has 0 atom stereocenters. The van der Waals surface area contributed by atoms with Crippen molar-refractivity contribution in [3.05, 3.63) is 24.3 Å². The van der Waals surface area contributed by atoms with Gasteiger partial charge in [0, 0.05) is 0 Å². The van der Waals surface area contributed by atoms with Crippen LogP contribution in [0.3, 0.4) is 0 Å². The van der Waals surface area contributed by atoms with Gasteiger partial charge in [-0.05, 0) is 24.3 Å². The Bertz CT molecular complexity index is 481. The lowest BCUT2D eigenvalue weighted by atomic mass is 10.3. The average molecular weight is 272 g/mol. The predicted molar refractivity (Wildman–Crippen MR) is 51.1 cm³/mol. The number of hydrogen-bond donors (Lipinski definition) is 1. The van der Waals surface area contributed by atoms with Crippen LogP contribution in [0.4, 0.5) is 17.6 Å². The van der Waals surface area contributed by atoms with Gasteiger partial charge in [-0.3, -0.25) is 0 Å². The van der Waals surface area contributed by atoms with Crippen molar-refractivity contribution in [3.63, 3.8) is 0 Å². The number of benzene rings is 1. The SMILES string of the molecule is O=S(=O)(CC(F)(F)C(F)F)c1ccc(O)cc1. The third-order valence-electron chi connectivity index (χ3n) is 1.90. The molecule has 0 aliphatic heterocycles. The van der Waals surface area contributed by atoms with Crippen molar-refractivity contribution in [2.75, 3.05) is 5.75 Å². The average Bonchev–Trinajstić information content (AvgIpc) is 2.16. The van der Waals surface area contributed by atoms with E-state index in [1.165, 1.54) is 0 Å². The Morgan fingerprint density at radius 1 is 1.18 bits per heavy atom. The molecule has 96 valence electrons. The lowest BCUT2D eigenvalue weighted by Gasteiger charge is -2.15. The maximum Gasteiger partial charge on any atom is 0.321 e. The summed E-state index contributed by atoms with van der Waals surface area (Å²) in [7, 11) is -4.52. The van der Waals surface area contributed by atoms with Gasteiger partial charge in [-0.15, -0.1) is 0 Å². The smallest absolute Gasteiger partial charge is 0.321 e. The van der Waals surface area contributed by atoms with Crippen molar-refractivity contribution in [1.29, 1.82) is 0 Å². The summed E-state index contributed by atoms with van der Waals surface area (Å²) in [6, 6.07) is 3.67. The van der Waals surface area contributed by atoms with E-state index >= 15 is 0 Å². The molecule has 0 spiro atoms. The third kappa shape index (κ3) is 3.32. The van der Waals surface area contributed by atoms with Gasteiger partial charge >= 0.3 is 12.3 Å². The molecule has 3 nitrogen and oxygen atoms in total. The van der Waals surface area contributed by atoms with E-state index in [9.17, 15) is 26.0 Å². The number of aromatic hydroxyl groups is 1. The van der Waals surface area contributed by atoms with Crippen molar-refractivity contribution < 1.29 is 31.1 Å². The third-order valence-corrected chi connectivity index (χ3v) is 3.65. The van der Waals surface area contributed by atoms with Crippen molar-refractivity contribution in [3.8, 4) is 5.75 Å². The van der Waals surface area contributed by atoms with Crippen LogP contribution in [0.15, 0.2) is 29.2 Å². The second kappa shape index (κ2) is 4.52. The Hall–Kier alpha value is -1.31. The summed E-state index contributed by atoms with van der Waals surface area (Å²) in [6.45, 7) is 0. The number of rotatable bonds is 4. The molecule has 0 radical (unpaired) electrons. The molecule has 1 aromatic rings. The fourth-order valence-electron chi connectivity index (χ4n) is 1.05. The van der Waals surface area contributed by atoms with Crippen LogP contribution in [-0.4, -0.2) is 31.6 Å². The number of halogens is 4. The molecule has 0 saturated carbocycles. The highest BCUT2D eigenvalue weighted by Gasteiger charge is 2.45. The van der Waals surface area contributed by atoms with Gasteiger partial charge in [0.2, 0.25) is 0 Å². The first-order chi connectivity index (χ1) is 7.65. The van der Waals surface area contributed by atoms with E-state index in [4.69, 9.17) is 5.11 Å². The fourth-order valence-corrected chi connectivity index (χ4v) is 2.40. The van der Waals surface area contributed by atoms with Crippen LogP contribution >= 0.6 is 0 Å². The standard InChI is InChI=1S/C9H8F4O3S/c10-8(11)9(12,13)5-17(15,16)7-3-1-6(14)2-4-7/h1-4,8,14H,5H2. The van der Waals surface area contributed by atoms with Gasteiger partial charge in [-0.25, -0.2) is 17.2 Å². The van der Waals surface area contributed by atoms with Crippen LogP contribution in [0.5, 0.6) is 5.75 Å². The van der Waals surface area contributed by atoms with Gasteiger partial charge < -0.3 is 5.11 Å². The Kier molecular flexibility index (Phi) is 3.65. The Morgan fingerprint density at radius 2 is 1.65 bits per heavy atom. The maximum atomic E-state index is 12.6. The molecule has 0 unspecified atom stereocenters. The summed E-state index contributed by atoms with van der Waals surface area (Å²) < 4.78 is 71.7. The highest BCUT2D eigenvalue weighted by molar-refractivity contribution is 7.91. The number of hydrogen-bond acceptors (Lipinski definition) is 3. The van der Waals surface area contributed by atoms with Gasteiger partial charge in [0.25, 0.3) is 0 Å². The van der Waals surface area contributed by atoms with Crippen LogP contribution < -0.4 is 0 Å². The zero-order chi connectivity index (χ0) is 13.3. The summed E-state index contributed by atoms with van der Waals surface area (Å²) in [4.78, 5) is -0.546. The molecule has 0 saturated heterocycles. The number of phenols is 1. The Labute approximate surface area is 94.6 Å².